The van der Waals surface area contributed by atoms with E-state index in [4.69, 9.17) is 15.2 Å². The number of benzene rings is 1. The van der Waals surface area contributed by atoms with Crippen LogP contribution in [-0.4, -0.2) is 57.1 Å². The number of nitrogens with two attached hydrogens (primary N) is 1. The van der Waals surface area contributed by atoms with Crippen molar-refractivity contribution >= 4 is 34.0 Å². The van der Waals surface area contributed by atoms with Crippen molar-refractivity contribution < 1.29 is 22.7 Å². The highest BCUT2D eigenvalue weighted by Crippen LogP contribution is 2.30. The average molecular weight is 436 g/mol. The van der Waals surface area contributed by atoms with Crippen molar-refractivity contribution in [2.45, 2.75) is 50.7 Å². The first-order valence-corrected chi connectivity index (χ1v) is 10.7. The van der Waals surface area contributed by atoms with E-state index >= 15 is 0 Å². The molecule has 2 rings (SSSR count). The number of rotatable bonds is 9. The van der Waals surface area contributed by atoms with Gasteiger partial charge in [-0.15, -0.1) is 12.4 Å². The number of nitrogens with one attached hydrogen (secondary N) is 1. The minimum atomic E-state index is -3.64. The third-order valence-corrected chi connectivity index (χ3v) is 6.56. The summed E-state index contributed by atoms with van der Waals surface area (Å²) in [6.07, 6.45) is 0.579. The Morgan fingerprint density at radius 1 is 1.29 bits per heavy atom. The first-order chi connectivity index (χ1) is 12.9. The van der Waals surface area contributed by atoms with Gasteiger partial charge in [-0.05, 0) is 38.0 Å². The number of sulfonamides is 1. The Bertz CT molecular complexity index is 756. The van der Waals surface area contributed by atoms with Crippen LogP contribution in [0.15, 0.2) is 23.1 Å². The van der Waals surface area contributed by atoms with Crippen LogP contribution in [-0.2, 0) is 19.6 Å². The molecule has 0 saturated carbocycles. The van der Waals surface area contributed by atoms with Crippen molar-refractivity contribution in [2.75, 3.05) is 31.6 Å². The van der Waals surface area contributed by atoms with Crippen LogP contribution in [0.3, 0.4) is 0 Å². The zero-order valence-electron chi connectivity index (χ0n) is 16.5. The van der Waals surface area contributed by atoms with Gasteiger partial charge in [-0.3, -0.25) is 4.79 Å². The van der Waals surface area contributed by atoms with Gasteiger partial charge < -0.3 is 20.5 Å². The Kier molecular flexibility index (Phi) is 9.65. The average Bonchev–Trinajstić information content (AvgIpc) is 3.13. The SMILES string of the molecule is CCOc1ccc(S(=O)(=O)N(CC)CC)cc1NC(=O)[C@@H]1CC[C@H](CN)O1.Cl. The Morgan fingerprint density at radius 2 is 1.96 bits per heavy atom. The maximum Gasteiger partial charge on any atom is 0.253 e. The molecule has 0 aliphatic carbocycles. The topological polar surface area (TPSA) is 111 Å². The molecule has 1 aliphatic heterocycles. The molecule has 1 aliphatic rings. The smallest absolute Gasteiger partial charge is 0.253 e. The van der Waals surface area contributed by atoms with E-state index in [9.17, 15) is 13.2 Å². The number of amides is 1. The van der Waals surface area contributed by atoms with E-state index in [0.29, 0.717) is 44.1 Å². The number of halogens is 1. The lowest BCUT2D eigenvalue weighted by atomic mass is 10.2. The highest BCUT2D eigenvalue weighted by Gasteiger charge is 2.31. The molecule has 1 fully saturated rings. The molecule has 28 heavy (non-hydrogen) atoms. The van der Waals surface area contributed by atoms with Crippen molar-refractivity contribution in [3.8, 4) is 5.75 Å². The van der Waals surface area contributed by atoms with E-state index in [1.807, 2.05) is 6.92 Å². The van der Waals surface area contributed by atoms with Gasteiger partial charge in [0.1, 0.15) is 11.9 Å². The fraction of sp³-hybridized carbons (Fsp3) is 0.611. The van der Waals surface area contributed by atoms with E-state index in [0.717, 1.165) is 6.42 Å². The molecule has 160 valence electrons. The minimum Gasteiger partial charge on any atom is -0.492 e. The van der Waals surface area contributed by atoms with Crippen LogP contribution in [0.25, 0.3) is 0 Å². The highest BCUT2D eigenvalue weighted by molar-refractivity contribution is 7.89. The molecule has 0 unspecified atom stereocenters. The molecule has 8 nitrogen and oxygen atoms in total. The van der Waals surface area contributed by atoms with Crippen molar-refractivity contribution in [3.63, 3.8) is 0 Å². The fourth-order valence-electron chi connectivity index (χ4n) is 3.05. The molecular formula is C18H30ClN3O5S. The van der Waals surface area contributed by atoms with Crippen LogP contribution < -0.4 is 15.8 Å². The standard InChI is InChI=1S/C18H29N3O5S.ClH/c1-4-21(5-2)27(23,24)14-8-10-16(25-6-3)15(11-14)20-18(22)17-9-7-13(12-19)26-17;/h8,10-11,13,17H,4-7,9,12,19H2,1-3H3,(H,20,22);1H/t13-,17+;/m1./s1. The predicted molar refractivity (Wildman–Crippen MR) is 111 cm³/mol. The summed E-state index contributed by atoms with van der Waals surface area (Å²) >= 11 is 0. The quantitative estimate of drug-likeness (QED) is 0.613. The first-order valence-electron chi connectivity index (χ1n) is 9.30. The molecule has 0 spiro atoms. The summed E-state index contributed by atoms with van der Waals surface area (Å²) in [5.41, 5.74) is 5.90. The molecule has 0 bridgehead atoms. The number of hydrogen-bond donors (Lipinski definition) is 2. The third kappa shape index (κ3) is 5.57. The van der Waals surface area contributed by atoms with Crippen molar-refractivity contribution in [1.29, 1.82) is 0 Å². The van der Waals surface area contributed by atoms with Crippen LogP contribution in [0.2, 0.25) is 0 Å². The Balaban J connectivity index is 0.00000392. The summed E-state index contributed by atoms with van der Waals surface area (Å²) in [6, 6.07) is 4.49. The molecular weight excluding hydrogens is 406 g/mol. The van der Waals surface area contributed by atoms with Gasteiger partial charge in [0, 0.05) is 19.6 Å². The van der Waals surface area contributed by atoms with Crippen LogP contribution in [0.4, 0.5) is 5.69 Å². The van der Waals surface area contributed by atoms with Gasteiger partial charge in [0.2, 0.25) is 10.0 Å². The largest absolute Gasteiger partial charge is 0.492 e. The van der Waals surface area contributed by atoms with Crippen LogP contribution >= 0.6 is 12.4 Å². The predicted octanol–water partition coefficient (Wildman–Crippen LogP) is 1.98. The summed E-state index contributed by atoms with van der Waals surface area (Å²) in [5, 5.41) is 2.76. The molecule has 1 saturated heterocycles. The number of carbonyl (C=O) groups is 1. The maximum absolute atomic E-state index is 12.8. The lowest BCUT2D eigenvalue weighted by Crippen LogP contribution is -2.31. The molecule has 3 N–H and O–H groups in total. The van der Waals surface area contributed by atoms with Crippen molar-refractivity contribution in [1.82, 2.24) is 4.31 Å². The van der Waals surface area contributed by atoms with Crippen molar-refractivity contribution in [3.05, 3.63) is 18.2 Å². The van der Waals surface area contributed by atoms with E-state index in [1.54, 1.807) is 19.9 Å². The maximum atomic E-state index is 12.8. The molecule has 2 atom stereocenters. The lowest BCUT2D eigenvalue weighted by molar-refractivity contribution is -0.126. The zero-order valence-corrected chi connectivity index (χ0v) is 18.1. The van der Waals surface area contributed by atoms with Crippen LogP contribution in [0.1, 0.15) is 33.6 Å². The van der Waals surface area contributed by atoms with Gasteiger partial charge in [0.05, 0.1) is 23.3 Å². The second kappa shape index (κ2) is 11.0. The van der Waals surface area contributed by atoms with Crippen LogP contribution in [0, 0.1) is 0 Å². The van der Waals surface area contributed by atoms with Gasteiger partial charge in [0.15, 0.2) is 0 Å². The Morgan fingerprint density at radius 3 is 2.50 bits per heavy atom. The van der Waals surface area contributed by atoms with Gasteiger partial charge in [0.25, 0.3) is 5.91 Å². The van der Waals surface area contributed by atoms with Crippen LogP contribution in [0.5, 0.6) is 5.75 Å². The van der Waals surface area contributed by atoms with E-state index in [1.165, 1.54) is 16.4 Å². The number of hydrogen-bond acceptors (Lipinski definition) is 6. The van der Waals surface area contributed by atoms with Gasteiger partial charge in [-0.2, -0.15) is 4.31 Å². The Hall–Kier alpha value is -1.39. The summed E-state index contributed by atoms with van der Waals surface area (Å²) in [6.45, 7) is 6.87. The minimum absolute atomic E-state index is 0. The summed E-state index contributed by atoms with van der Waals surface area (Å²) < 4.78 is 38.1. The number of anilines is 1. The normalized spacial score (nSPS) is 19.3. The molecule has 0 radical (unpaired) electrons. The van der Waals surface area contributed by atoms with Crippen molar-refractivity contribution in [2.24, 2.45) is 5.73 Å². The second-order valence-electron chi connectivity index (χ2n) is 6.23. The second-order valence-corrected chi connectivity index (χ2v) is 8.17. The third-order valence-electron chi connectivity index (χ3n) is 4.51. The first kappa shape index (κ1) is 24.6. The fourth-order valence-corrected chi connectivity index (χ4v) is 4.53. The number of carbonyl (C=O) groups excluding carboxylic acids is 1. The van der Waals surface area contributed by atoms with E-state index in [2.05, 4.69) is 5.32 Å². The lowest BCUT2D eigenvalue weighted by Gasteiger charge is -2.20. The monoisotopic (exact) mass is 435 g/mol. The highest BCUT2D eigenvalue weighted by atomic mass is 35.5. The molecule has 1 heterocycles. The van der Waals surface area contributed by atoms with Gasteiger partial charge >= 0.3 is 0 Å². The molecule has 0 aromatic heterocycles. The summed E-state index contributed by atoms with van der Waals surface area (Å²) in [4.78, 5) is 12.7. The Labute approximate surface area is 173 Å². The molecule has 1 aromatic rings. The van der Waals surface area contributed by atoms with Gasteiger partial charge in [-0.25, -0.2) is 8.42 Å². The van der Waals surface area contributed by atoms with Gasteiger partial charge in [-0.1, -0.05) is 13.8 Å². The van der Waals surface area contributed by atoms with E-state index in [-0.39, 0.29) is 29.3 Å². The summed E-state index contributed by atoms with van der Waals surface area (Å²) in [7, 11) is -3.64. The number of nitrogens with zero attached hydrogens (tertiary/aromatic N) is 1. The molecule has 1 amide bonds. The molecule has 1 aromatic carbocycles. The summed E-state index contributed by atoms with van der Waals surface area (Å²) in [5.74, 6) is 0.0852. The zero-order chi connectivity index (χ0) is 20.0. The van der Waals surface area contributed by atoms with E-state index < -0.39 is 16.1 Å². The number of ether oxygens (including phenoxy) is 2. The molecule has 10 heteroatoms.